The summed E-state index contributed by atoms with van der Waals surface area (Å²) in [5, 5.41) is 4.10. The molecule has 1 N–H and O–H groups in total. The number of furan rings is 1. The molecular weight excluding hydrogens is 548 g/mol. The summed E-state index contributed by atoms with van der Waals surface area (Å²) in [6.45, 7) is 9.94. The van der Waals surface area contributed by atoms with Crippen molar-refractivity contribution in [3.05, 3.63) is 70.4 Å². The van der Waals surface area contributed by atoms with Crippen LogP contribution < -0.4 is 5.32 Å². The summed E-state index contributed by atoms with van der Waals surface area (Å²) in [5.74, 6) is 0. The number of alkyl carbamates (subject to hydrolysis) is 1. The summed E-state index contributed by atoms with van der Waals surface area (Å²) in [4.78, 5) is 28.0. The molecule has 3 aromatic rings. The standard InChI is InChI=1S/C30H37BrN2O5/c1-29(2,3)38-28(35)33-16-9-12-24(25(33)20-10-7-6-8-11-20)32-27(34)37-30(4,5)15-13-21-18-23(31)19-22-14-17-36-26(21)22/h6-8,10-11,14,17-19,24-25H,9,12-13,15-16H2,1-5H3,(H,32,34)/t24-,25-/m1/s1. The molecule has 1 aliphatic rings. The molecule has 38 heavy (non-hydrogen) atoms. The van der Waals surface area contributed by atoms with Crippen LogP contribution in [0.5, 0.6) is 0 Å². The van der Waals surface area contributed by atoms with Crippen LogP contribution in [0.2, 0.25) is 0 Å². The molecule has 0 radical (unpaired) electrons. The first-order chi connectivity index (χ1) is 17.9. The zero-order valence-electron chi connectivity index (χ0n) is 22.8. The van der Waals surface area contributed by atoms with Crippen LogP contribution in [0.4, 0.5) is 9.59 Å². The molecule has 0 unspecified atom stereocenters. The Bertz CT molecular complexity index is 1260. The Labute approximate surface area is 233 Å². The highest BCUT2D eigenvalue weighted by molar-refractivity contribution is 9.10. The lowest BCUT2D eigenvalue weighted by Gasteiger charge is -2.42. The summed E-state index contributed by atoms with van der Waals surface area (Å²) in [7, 11) is 0. The number of likely N-dealkylation sites (tertiary alicyclic amines) is 1. The number of rotatable bonds is 6. The van der Waals surface area contributed by atoms with E-state index in [1.54, 1.807) is 11.2 Å². The van der Waals surface area contributed by atoms with Crippen LogP contribution >= 0.6 is 15.9 Å². The van der Waals surface area contributed by atoms with Gasteiger partial charge >= 0.3 is 12.2 Å². The normalized spacial score (nSPS) is 18.3. The van der Waals surface area contributed by atoms with E-state index < -0.39 is 17.3 Å². The highest BCUT2D eigenvalue weighted by Crippen LogP contribution is 2.33. The fraction of sp³-hybridized carbons (Fsp3) is 0.467. The third-order valence-corrected chi connectivity index (χ3v) is 7.12. The lowest BCUT2D eigenvalue weighted by atomic mass is 9.90. The predicted octanol–water partition coefficient (Wildman–Crippen LogP) is 7.77. The van der Waals surface area contributed by atoms with E-state index in [1.165, 1.54) is 0 Å². The van der Waals surface area contributed by atoms with Crippen molar-refractivity contribution in [1.29, 1.82) is 0 Å². The average Bonchev–Trinajstić information content (AvgIpc) is 3.30. The van der Waals surface area contributed by atoms with Crippen molar-refractivity contribution in [2.24, 2.45) is 0 Å². The van der Waals surface area contributed by atoms with Crippen LogP contribution in [0.25, 0.3) is 11.0 Å². The molecule has 2 aromatic carbocycles. The number of halogens is 1. The Kier molecular flexibility index (Phi) is 8.40. The first kappa shape index (κ1) is 28.0. The van der Waals surface area contributed by atoms with Crippen molar-refractivity contribution in [3.63, 3.8) is 0 Å². The summed E-state index contributed by atoms with van der Waals surface area (Å²) in [6.07, 6.45) is 3.58. The molecule has 0 spiro atoms. The molecule has 2 heterocycles. The Balaban J connectivity index is 1.45. The molecular formula is C30H37BrN2O5. The van der Waals surface area contributed by atoms with Crippen molar-refractivity contribution < 1.29 is 23.5 Å². The number of nitrogens with one attached hydrogen (secondary N) is 1. The minimum absolute atomic E-state index is 0.310. The molecule has 7 nitrogen and oxygen atoms in total. The molecule has 8 heteroatoms. The van der Waals surface area contributed by atoms with Gasteiger partial charge in [-0.15, -0.1) is 0 Å². The number of hydrogen-bond donors (Lipinski definition) is 1. The van der Waals surface area contributed by atoms with Crippen LogP contribution in [0.15, 0.2) is 63.7 Å². The second-order valence-corrected chi connectivity index (χ2v) is 12.4. The molecule has 1 aliphatic heterocycles. The lowest BCUT2D eigenvalue weighted by molar-refractivity contribution is -0.000883. The van der Waals surface area contributed by atoms with E-state index in [0.29, 0.717) is 19.4 Å². The van der Waals surface area contributed by atoms with E-state index in [9.17, 15) is 9.59 Å². The van der Waals surface area contributed by atoms with E-state index in [0.717, 1.165) is 39.4 Å². The highest BCUT2D eigenvalue weighted by atomic mass is 79.9. The Morgan fingerprint density at radius 3 is 2.53 bits per heavy atom. The molecule has 2 amide bonds. The first-order valence-corrected chi connectivity index (χ1v) is 13.9. The number of ether oxygens (including phenoxy) is 2. The topological polar surface area (TPSA) is 81.0 Å². The maximum atomic E-state index is 13.2. The second-order valence-electron chi connectivity index (χ2n) is 11.5. The van der Waals surface area contributed by atoms with Gasteiger partial charge in [0, 0.05) is 16.4 Å². The molecule has 0 aliphatic carbocycles. The summed E-state index contributed by atoms with van der Waals surface area (Å²) < 4.78 is 18.3. The predicted molar refractivity (Wildman–Crippen MR) is 151 cm³/mol. The van der Waals surface area contributed by atoms with Crippen LogP contribution in [0.1, 0.15) is 71.0 Å². The number of hydrogen-bond acceptors (Lipinski definition) is 5. The first-order valence-electron chi connectivity index (χ1n) is 13.1. The smallest absolute Gasteiger partial charge is 0.410 e. The largest absolute Gasteiger partial charge is 0.464 e. The molecule has 1 fully saturated rings. The van der Waals surface area contributed by atoms with Crippen LogP contribution in [-0.4, -0.2) is 40.9 Å². The maximum Gasteiger partial charge on any atom is 0.410 e. The third-order valence-electron chi connectivity index (χ3n) is 6.66. The van der Waals surface area contributed by atoms with E-state index in [1.807, 2.05) is 83.1 Å². The summed E-state index contributed by atoms with van der Waals surface area (Å²) in [5.41, 5.74) is 1.52. The van der Waals surface area contributed by atoms with Crippen molar-refractivity contribution >= 4 is 39.1 Å². The Hall–Kier alpha value is -3.00. The van der Waals surface area contributed by atoms with Crippen LogP contribution in [0.3, 0.4) is 0 Å². The molecule has 2 atom stereocenters. The van der Waals surface area contributed by atoms with Gasteiger partial charge in [0.05, 0.1) is 18.3 Å². The summed E-state index contributed by atoms with van der Waals surface area (Å²) >= 11 is 3.57. The fourth-order valence-electron chi connectivity index (χ4n) is 4.95. The number of carbonyl (C=O) groups excluding carboxylic acids is 2. The number of piperidine rings is 1. The van der Waals surface area contributed by atoms with Gasteiger partial charge in [0.1, 0.15) is 16.8 Å². The molecule has 0 bridgehead atoms. The monoisotopic (exact) mass is 584 g/mol. The van der Waals surface area contributed by atoms with Crippen molar-refractivity contribution in [3.8, 4) is 0 Å². The van der Waals surface area contributed by atoms with E-state index in [2.05, 4.69) is 21.2 Å². The SMILES string of the molecule is CC(C)(C)OC(=O)N1CCC[C@@H](NC(=O)OC(C)(C)CCc2cc(Br)cc3ccoc23)[C@H]1c1ccccc1. The van der Waals surface area contributed by atoms with Crippen molar-refractivity contribution in [2.45, 2.75) is 83.6 Å². The number of amides is 2. The van der Waals surface area contributed by atoms with Gasteiger partial charge in [-0.3, -0.25) is 4.90 Å². The average molecular weight is 586 g/mol. The number of fused-ring (bicyclic) bond motifs is 1. The van der Waals surface area contributed by atoms with Gasteiger partial charge in [-0.2, -0.15) is 0 Å². The van der Waals surface area contributed by atoms with Gasteiger partial charge in [0.15, 0.2) is 0 Å². The van der Waals surface area contributed by atoms with Gasteiger partial charge in [0.2, 0.25) is 0 Å². The number of benzene rings is 2. The summed E-state index contributed by atoms with van der Waals surface area (Å²) in [6, 6.07) is 15.1. The maximum absolute atomic E-state index is 13.2. The highest BCUT2D eigenvalue weighted by Gasteiger charge is 2.39. The fourth-order valence-corrected chi connectivity index (χ4v) is 5.48. The van der Waals surface area contributed by atoms with Gasteiger partial charge in [-0.1, -0.05) is 46.3 Å². The molecule has 4 rings (SSSR count). The molecule has 204 valence electrons. The zero-order chi connectivity index (χ0) is 27.5. The van der Waals surface area contributed by atoms with Crippen LogP contribution in [0, 0.1) is 0 Å². The number of carbonyl (C=O) groups is 2. The molecule has 0 saturated carbocycles. The number of nitrogens with zero attached hydrogens (tertiary/aromatic N) is 1. The van der Waals surface area contributed by atoms with E-state index >= 15 is 0 Å². The van der Waals surface area contributed by atoms with Crippen molar-refractivity contribution in [1.82, 2.24) is 10.2 Å². The van der Waals surface area contributed by atoms with Gasteiger partial charge < -0.3 is 19.2 Å². The Morgan fingerprint density at radius 2 is 1.82 bits per heavy atom. The minimum atomic E-state index is -0.715. The Morgan fingerprint density at radius 1 is 1.08 bits per heavy atom. The molecule has 1 saturated heterocycles. The van der Waals surface area contributed by atoms with E-state index in [-0.39, 0.29) is 18.2 Å². The van der Waals surface area contributed by atoms with Gasteiger partial charge in [0.25, 0.3) is 0 Å². The number of aryl methyl sites for hydroxylation is 1. The van der Waals surface area contributed by atoms with Crippen LogP contribution in [-0.2, 0) is 15.9 Å². The minimum Gasteiger partial charge on any atom is -0.464 e. The third kappa shape index (κ3) is 7.10. The molecule has 1 aromatic heterocycles. The lowest BCUT2D eigenvalue weighted by Crippen LogP contribution is -2.53. The van der Waals surface area contributed by atoms with Gasteiger partial charge in [-0.25, -0.2) is 9.59 Å². The quantitative estimate of drug-likeness (QED) is 0.320. The van der Waals surface area contributed by atoms with Gasteiger partial charge in [-0.05, 0) is 89.6 Å². The zero-order valence-corrected chi connectivity index (χ0v) is 24.3. The van der Waals surface area contributed by atoms with E-state index in [4.69, 9.17) is 13.9 Å². The van der Waals surface area contributed by atoms with Crippen molar-refractivity contribution in [2.75, 3.05) is 6.54 Å². The second kappa shape index (κ2) is 11.4.